The monoisotopic (exact) mass is 359 g/mol. The maximum absolute atomic E-state index is 12.3. The minimum atomic E-state index is -0.152. The lowest BCUT2D eigenvalue weighted by atomic mass is 10.1. The maximum atomic E-state index is 12.3. The molecule has 114 valence electrons. The van der Waals surface area contributed by atoms with E-state index in [4.69, 9.17) is 4.74 Å². The predicted molar refractivity (Wildman–Crippen MR) is 93.7 cm³/mol. The molecule has 0 saturated carbocycles. The van der Waals surface area contributed by atoms with Crippen molar-refractivity contribution in [3.63, 3.8) is 0 Å². The van der Waals surface area contributed by atoms with Gasteiger partial charge in [-0.05, 0) is 71.2 Å². The van der Waals surface area contributed by atoms with E-state index in [9.17, 15) is 4.79 Å². The summed E-state index contributed by atoms with van der Waals surface area (Å²) >= 11 is 3.41. The van der Waals surface area contributed by atoms with E-state index in [0.29, 0.717) is 17.9 Å². The molecule has 0 unspecified atom stereocenters. The van der Waals surface area contributed by atoms with Crippen LogP contribution in [0.3, 0.4) is 0 Å². The second kappa shape index (κ2) is 7.27. The van der Waals surface area contributed by atoms with Crippen molar-refractivity contribution in [3.05, 3.63) is 70.2 Å². The first kappa shape index (κ1) is 16.3. The summed E-state index contributed by atoms with van der Waals surface area (Å²) < 4.78 is 6.21. The van der Waals surface area contributed by atoms with Crippen LogP contribution in [0.5, 0.6) is 5.75 Å². The molecule has 0 fully saturated rings. The van der Waals surface area contributed by atoms with Crippen molar-refractivity contribution in [2.75, 3.05) is 11.9 Å². The molecule has 0 aliphatic rings. The van der Waals surface area contributed by atoms with E-state index in [-0.39, 0.29) is 5.91 Å². The van der Waals surface area contributed by atoms with Gasteiger partial charge in [0.1, 0.15) is 12.4 Å². The Hall–Kier alpha value is -2.07. The predicted octanol–water partition coefficient (Wildman–Crippen LogP) is 4.88. The Morgan fingerprint density at radius 2 is 1.91 bits per heavy atom. The van der Waals surface area contributed by atoms with Gasteiger partial charge < -0.3 is 10.1 Å². The highest BCUT2D eigenvalue weighted by Crippen LogP contribution is 2.26. The second-order valence-corrected chi connectivity index (χ2v) is 5.93. The summed E-state index contributed by atoms with van der Waals surface area (Å²) in [6.45, 7) is 8.04. The minimum absolute atomic E-state index is 0.152. The maximum Gasteiger partial charge on any atom is 0.255 e. The molecule has 1 N–H and O–H groups in total. The van der Waals surface area contributed by atoms with Crippen molar-refractivity contribution in [2.45, 2.75) is 13.8 Å². The van der Waals surface area contributed by atoms with Crippen molar-refractivity contribution in [3.8, 4) is 5.75 Å². The fraction of sp³-hybridized carbons (Fsp3) is 0.167. The third kappa shape index (κ3) is 4.21. The molecule has 0 aliphatic heterocycles. The molecular weight excluding hydrogens is 342 g/mol. The third-order valence-electron chi connectivity index (χ3n) is 3.03. The molecule has 22 heavy (non-hydrogen) atoms. The Labute approximate surface area is 139 Å². The highest BCUT2D eigenvalue weighted by atomic mass is 79.9. The Kier molecular flexibility index (Phi) is 5.39. The van der Waals surface area contributed by atoms with Gasteiger partial charge in [0.15, 0.2) is 0 Å². The van der Waals surface area contributed by atoms with Crippen molar-refractivity contribution < 1.29 is 9.53 Å². The van der Waals surface area contributed by atoms with Crippen molar-refractivity contribution in [2.24, 2.45) is 0 Å². The normalized spacial score (nSPS) is 10.1. The van der Waals surface area contributed by atoms with E-state index in [1.165, 1.54) is 0 Å². The van der Waals surface area contributed by atoms with Crippen LogP contribution in [0, 0.1) is 13.8 Å². The van der Waals surface area contributed by atoms with Crippen LogP contribution in [-0.4, -0.2) is 12.5 Å². The van der Waals surface area contributed by atoms with E-state index < -0.39 is 0 Å². The quantitative estimate of drug-likeness (QED) is 0.772. The Bertz CT molecular complexity index is 690. The zero-order valence-corrected chi connectivity index (χ0v) is 14.2. The highest BCUT2D eigenvalue weighted by Gasteiger charge is 2.10. The molecular formula is C18H18BrNO2. The summed E-state index contributed by atoms with van der Waals surface area (Å²) in [7, 11) is 0. The standard InChI is InChI=1S/C18H18BrNO2/c1-4-7-22-17-6-5-14(11-16(17)19)18(21)20-15-9-12(2)8-13(3)10-15/h4-6,8-11H,1,7H2,2-3H3,(H,20,21). The van der Waals surface area contributed by atoms with Crippen LogP contribution in [0.2, 0.25) is 0 Å². The highest BCUT2D eigenvalue weighted by molar-refractivity contribution is 9.10. The van der Waals surface area contributed by atoms with Crippen LogP contribution in [0.25, 0.3) is 0 Å². The molecule has 0 saturated heterocycles. The lowest BCUT2D eigenvalue weighted by molar-refractivity contribution is 0.102. The molecule has 0 aromatic heterocycles. The zero-order chi connectivity index (χ0) is 16.1. The largest absolute Gasteiger partial charge is 0.488 e. The minimum Gasteiger partial charge on any atom is -0.488 e. The Morgan fingerprint density at radius 1 is 1.23 bits per heavy atom. The summed E-state index contributed by atoms with van der Waals surface area (Å²) in [5.41, 5.74) is 3.59. The summed E-state index contributed by atoms with van der Waals surface area (Å²) in [5.74, 6) is 0.531. The topological polar surface area (TPSA) is 38.3 Å². The lowest BCUT2D eigenvalue weighted by Gasteiger charge is -2.10. The van der Waals surface area contributed by atoms with Crippen LogP contribution < -0.4 is 10.1 Å². The molecule has 0 spiro atoms. The summed E-state index contributed by atoms with van der Waals surface area (Å²) in [5, 5.41) is 2.91. The molecule has 2 aromatic carbocycles. The van der Waals surface area contributed by atoms with Gasteiger partial charge in [-0.25, -0.2) is 0 Å². The molecule has 3 nitrogen and oxygen atoms in total. The molecule has 0 bridgehead atoms. The van der Waals surface area contributed by atoms with Gasteiger partial charge in [0.2, 0.25) is 0 Å². The van der Waals surface area contributed by atoms with Crippen LogP contribution in [0.4, 0.5) is 5.69 Å². The fourth-order valence-electron chi connectivity index (χ4n) is 2.16. The molecule has 2 aromatic rings. The molecule has 0 aliphatic carbocycles. The number of anilines is 1. The number of nitrogens with one attached hydrogen (secondary N) is 1. The summed E-state index contributed by atoms with van der Waals surface area (Å²) in [6.07, 6.45) is 1.67. The number of rotatable bonds is 5. The number of ether oxygens (including phenoxy) is 1. The van der Waals surface area contributed by atoms with E-state index in [1.54, 1.807) is 24.3 Å². The van der Waals surface area contributed by atoms with Gasteiger partial charge in [-0.2, -0.15) is 0 Å². The number of amides is 1. The number of aryl methyl sites for hydroxylation is 2. The summed E-state index contributed by atoms with van der Waals surface area (Å²) in [4.78, 5) is 12.3. The smallest absolute Gasteiger partial charge is 0.255 e. The van der Waals surface area contributed by atoms with Gasteiger partial charge in [0.25, 0.3) is 5.91 Å². The first-order chi connectivity index (χ1) is 10.5. The van der Waals surface area contributed by atoms with Gasteiger partial charge >= 0.3 is 0 Å². The number of carbonyl (C=O) groups excluding carboxylic acids is 1. The number of carbonyl (C=O) groups is 1. The van der Waals surface area contributed by atoms with Crippen molar-refractivity contribution in [1.29, 1.82) is 0 Å². The van der Waals surface area contributed by atoms with Gasteiger partial charge in [-0.1, -0.05) is 18.7 Å². The Balaban J connectivity index is 2.15. The van der Waals surface area contributed by atoms with Crippen LogP contribution in [0.1, 0.15) is 21.5 Å². The van der Waals surface area contributed by atoms with Crippen LogP contribution in [-0.2, 0) is 0 Å². The average molecular weight is 360 g/mol. The van der Waals surface area contributed by atoms with Crippen LogP contribution in [0.15, 0.2) is 53.5 Å². The van der Waals surface area contributed by atoms with Gasteiger partial charge in [-0.3, -0.25) is 4.79 Å². The van der Waals surface area contributed by atoms with Gasteiger partial charge in [-0.15, -0.1) is 0 Å². The summed E-state index contributed by atoms with van der Waals surface area (Å²) in [6, 6.07) is 11.2. The van der Waals surface area contributed by atoms with E-state index in [2.05, 4.69) is 33.9 Å². The lowest BCUT2D eigenvalue weighted by Crippen LogP contribution is -2.12. The number of hydrogen-bond donors (Lipinski definition) is 1. The fourth-order valence-corrected chi connectivity index (χ4v) is 2.65. The second-order valence-electron chi connectivity index (χ2n) is 5.08. The molecule has 0 heterocycles. The molecule has 0 atom stereocenters. The van der Waals surface area contributed by atoms with Crippen LogP contribution >= 0.6 is 15.9 Å². The number of benzene rings is 2. The molecule has 4 heteroatoms. The Morgan fingerprint density at radius 3 is 2.50 bits per heavy atom. The number of hydrogen-bond acceptors (Lipinski definition) is 2. The van der Waals surface area contributed by atoms with Gasteiger partial charge in [0.05, 0.1) is 4.47 Å². The van der Waals surface area contributed by atoms with E-state index >= 15 is 0 Å². The first-order valence-corrected chi connectivity index (χ1v) is 7.72. The third-order valence-corrected chi connectivity index (χ3v) is 3.65. The molecule has 2 rings (SSSR count). The zero-order valence-electron chi connectivity index (χ0n) is 12.7. The first-order valence-electron chi connectivity index (χ1n) is 6.92. The van der Waals surface area contributed by atoms with E-state index in [0.717, 1.165) is 21.3 Å². The SMILES string of the molecule is C=CCOc1ccc(C(=O)Nc2cc(C)cc(C)c2)cc1Br. The van der Waals surface area contributed by atoms with Crippen molar-refractivity contribution in [1.82, 2.24) is 0 Å². The number of halogens is 1. The van der Waals surface area contributed by atoms with Crippen molar-refractivity contribution >= 4 is 27.5 Å². The average Bonchev–Trinajstić information content (AvgIpc) is 2.44. The molecule has 1 amide bonds. The van der Waals surface area contributed by atoms with Gasteiger partial charge in [0, 0.05) is 11.3 Å². The molecule has 0 radical (unpaired) electrons. The van der Waals surface area contributed by atoms with E-state index in [1.807, 2.05) is 26.0 Å².